The van der Waals surface area contributed by atoms with Crippen LogP contribution in [0, 0.1) is 12.1 Å². The molecule has 0 atom stereocenters. The van der Waals surface area contributed by atoms with Crippen LogP contribution in [0.15, 0.2) is 48.8 Å². The molecule has 1 aromatic heterocycles. The minimum absolute atomic E-state index is 0.730. The van der Waals surface area contributed by atoms with Gasteiger partial charge >= 0.3 is 0 Å². The molecule has 0 aliphatic rings. The normalized spacial score (nSPS) is 10.5. The van der Waals surface area contributed by atoms with Gasteiger partial charge in [-0.05, 0) is 29.0 Å². The summed E-state index contributed by atoms with van der Waals surface area (Å²) in [5.41, 5.74) is 1.02. The largest absolute Gasteiger partial charge is 0.236 e. The summed E-state index contributed by atoms with van der Waals surface area (Å²) in [6.07, 6.45) is 3.26. The third-order valence-electron chi connectivity index (χ3n) is 2.47. The molecule has 74 valence electrons. The molecule has 0 saturated heterocycles. The number of hydrogen-bond donors (Lipinski definition) is 0. The Labute approximate surface area is 93.6 Å². The van der Waals surface area contributed by atoms with Crippen LogP contribution in [0.25, 0.3) is 22.2 Å². The lowest BCUT2D eigenvalue weighted by Gasteiger charge is -2.01. The third-order valence-corrected chi connectivity index (χ3v) is 2.47. The molecule has 0 bridgehead atoms. The Balaban J connectivity index is 2.19. The number of nitrogens with zero attached hydrogens (tertiary/aromatic N) is 2. The average Bonchev–Trinajstić information content (AvgIpc) is 2.39. The highest BCUT2D eigenvalue weighted by Gasteiger charge is 2.00. The zero-order chi connectivity index (χ0) is 10.8. The summed E-state index contributed by atoms with van der Waals surface area (Å²) in [5.74, 6) is 0.730. The summed E-state index contributed by atoms with van der Waals surface area (Å²) in [4.78, 5) is 8.36. The van der Waals surface area contributed by atoms with Gasteiger partial charge < -0.3 is 0 Å². The SMILES string of the molecule is [c]1cnc(-c2ccc3c[c]ccc3c2)nc1. The number of hydrogen-bond acceptors (Lipinski definition) is 2. The predicted octanol–water partition coefficient (Wildman–Crippen LogP) is 2.90. The van der Waals surface area contributed by atoms with Crippen molar-refractivity contribution in [2.75, 3.05) is 0 Å². The summed E-state index contributed by atoms with van der Waals surface area (Å²) in [7, 11) is 0. The van der Waals surface area contributed by atoms with E-state index >= 15 is 0 Å². The van der Waals surface area contributed by atoms with Crippen molar-refractivity contribution in [3.8, 4) is 11.4 Å². The van der Waals surface area contributed by atoms with Crippen LogP contribution in [0.1, 0.15) is 0 Å². The zero-order valence-corrected chi connectivity index (χ0v) is 8.51. The van der Waals surface area contributed by atoms with Gasteiger partial charge in [-0.15, -0.1) is 0 Å². The maximum absolute atomic E-state index is 4.18. The van der Waals surface area contributed by atoms with E-state index in [0.29, 0.717) is 0 Å². The van der Waals surface area contributed by atoms with Crippen LogP contribution in [0.4, 0.5) is 0 Å². The first-order valence-electron chi connectivity index (χ1n) is 5.02. The average molecular weight is 204 g/mol. The molecular weight excluding hydrogens is 196 g/mol. The van der Waals surface area contributed by atoms with E-state index in [-0.39, 0.29) is 0 Å². The predicted molar refractivity (Wildman–Crippen MR) is 62.6 cm³/mol. The van der Waals surface area contributed by atoms with Crippen LogP contribution in [0.3, 0.4) is 0 Å². The summed E-state index contributed by atoms with van der Waals surface area (Å²) in [6, 6.07) is 17.9. The molecule has 0 unspecified atom stereocenters. The number of fused-ring (bicyclic) bond motifs is 1. The highest BCUT2D eigenvalue weighted by Crippen LogP contribution is 2.20. The Morgan fingerprint density at radius 2 is 1.75 bits per heavy atom. The van der Waals surface area contributed by atoms with Gasteiger partial charge in [0.2, 0.25) is 0 Å². The van der Waals surface area contributed by atoms with Crippen LogP contribution in [0.2, 0.25) is 0 Å². The summed E-state index contributed by atoms with van der Waals surface area (Å²) in [6.45, 7) is 0. The molecule has 16 heavy (non-hydrogen) atoms. The molecule has 3 rings (SSSR count). The van der Waals surface area contributed by atoms with E-state index in [1.54, 1.807) is 12.4 Å². The molecule has 0 amide bonds. The first kappa shape index (κ1) is 9.04. The summed E-state index contributed by atoms with van der Waals surface area (Å²) in [5, 5.41) is 2.35. The third kappa shape index (κ3) is 1.54. The molecule has 1 heterocycles. The second-order valence-electron chi connectivity index (χ2n) is 3.49. The second kappa shape index (κ2) is 3.74. The zero-order valence-electron chi connectivity index (χ0n) is 8.51. The standard InChI is InChI=1S/C14H8N2/c1-2-5-12-10-13(7-6-11(12)4-1)14-15-8-3-9-16-14/h2,4-10H. The molecule has 0 spiro atoms. The Kier molecular flexibility index (Phi) is 2.11. The monoisotopic (exact) mass is 204 g/mol. The quantitative estimate of drug-likeness (QED) is 0.609. The molecule has 3 aromatic rings. The first-order chi connectivity index (χ1) is 7.93. The number of benzene rings is 2. The highest BCUT2D eigenvalue weighted by molar-refractivity contribution is 5.86. The molecule has 2 radical (unpaired) electrons. The minimum atomic E-state index is 0.730. The lowest BCUT2D eigenvalue weighted by Crippen LogP contribution is -1.86. The van der Waals surface area contributed by atoms with Crippen LogP contribution < -0.4 is 0 Å². The van der Waals surface area contributed by atoms with E-state index < -0.39 is 0 Å². The molecule has 0 saturated carbocycles. The molecule has 0 aliphatic carbocycles. The van der Waals surface area contributed by atoms with Gasteiger partial charge in [0.05, 0.1) is 0 Å². The summed E-state index contributed by atoms with van der Waals surface area (Å²) < 4.78 is 0. The molecule has 0 fully saturated rings. The van der Waals surface area contributed by atoms with Crippen molar-refractivity contribution in [1.29, 1.82) is 0 Å². The minimum Gasteiger partial charge on any atom is -0.236 e. The van der Waals surface area contributed by atoms with Crippen molar-refractivity contribution >= 4 is 10.8 Å². The number of aromatic nitrogens is 2. The van der Waals surface area contributed by atoms with Crippen LogP contribution in [0.5, 0.6) is 0 Å². The van der Waals surface area contributed by atoms with E-state index in [1.165, 1.54) is 10.8 Å². The summed E-state index contributed by atoms with van der Waals surface area (Å²) >= 11 is 0. The lowest BCUT2D eigenvalue weighted by molar-refractivity contribution is 1.17. The second-order valence-corrected chi connectivity index (χ2v) is 3.49. The molecule has 2 nitrogen and oxygen atoms in total. The lowest BCUT2D eigenvalue weighted by atomic mass is 10.1. The topological polar surface area (TPSA) is 25.8 Å². The van der Waals surface area contributed by atoms with Crippen molar-refractivity contribution in [2.24, 2.45) is 0 Å². The van der Waals surface area contributed by atoms with E-state index in [9.17, 15) is 0 Å². The fourth-order valence-electron chi connectivity index (χ4n) is 1.68. The van der Waals surface area contributed by atoms with E-state index in [4.69, 9.17) is 0 Å². The first-order valence-corrected chi connectivity index (χ1v) is 5.02. The van der Waals surface area contributed by atoms with Crippen molar-refractivity contribution in [3.05, 3.63) is 60.9 Å². The molecule has 2 aromatic carbocycles. The van der Waals surface area contributed by atoms with Crippen molar-refractivity contribution in [2.45, 2.75) is 0 Å². The van der Waals surface area contributed by atoms with Gasteiger partial charge in [-0.25, -0.2) is 9.97 Å². The van der Waals surface area contributed by atoms with Gasteiger partial charge in [0.1, 0.15) is 0 Å². The van der Waals surface area contributed by atoms with Gasteiger partial charge in [0, 0.05) is 24.0 Å². The highest BCUT2D eigenvalue weighted by atomic mass is 14.8. The Bertz CT molecular complexity index is 618. The van der Waals surface area contributed by atoms with Crippen LogP contribution in [-0.2, 0) is 0 Å². The maximum Gasteiger partial charge on any atom is 0.159 e. The van der Waals surface area contributed by atoms with E-state index in [2.05, 4.69) is 34.2 Å². The van der Waals surface area contributed by atoms with Gasteiger partial charge in [-0.2, -0.15) is 0 Å². The molecule has 0 aliphatic heterocycles. The van der Waals surface area contributed by atoms with Gasteiger partial charge in [-0.3, -0.25) is 0 Å². The smallest absolute Gasteiger partial charge is 0.159 e. The number of rotatable bonds is 1. The Morgan fingerprint density at radius 3 is 2.62 bits per heavy atom. The van der Waals surface area contributed by atoms with Crippen LogP contribution in [-0.4, -0.2) is 9.97 Å². The van der Waals surface area contributed by atoms with Crippen molar-refractivity contribution in [3.63, 3.8) is 0 Å². The van der Waals surface area contributed by atoms with E-state index in [0.717, 1.165) is 11.4 Å². The Morgan fingerprint density at radius 1 is 0.875 bits per heavy atom. The van der Waals surface area contributed by atoms with Gasteiger partial charge in [0.25, 0.3) is 0 Å². The fraction of sp³-hybridized carbons (Fsp3) is 0. The fourth-order valence-corrected chi connectivity index (χ4v) is 1.68. The van der Waals surface area contributed by atoms with Crippen molar-refractivity contribution < 1.29 is 0 Å². The van der Waals surface area contributed by atoms with Gasteiger partial charge in [0.15, 0.2) is 5.82 Å². The van der Waals surface area contributed by atoms with E-state index in [1.807, 2.05) is 24.3 Å². The van der Waals surface area contributed by atoms with Gasteiger partial charge in [-0.1, -0.05) is 24.3 Å². The molecule has 0 N–H and O–H groups in total. The van der Waals surface area contributed by atoms with Crippen molar-refractivity contribution in [1.82, 2.24) is 9.97 Å². The maximum atomic E-state index is 4.18. The Hall–Kier alpha value is -2.22. The van der Waals surface area contributed by atoms with Crippen LogP contribution >= 0.6 is 0 Å². The molecule has 2 heteroatoms. The molecular formula is C14H8N2.